The van der Waals surface area contributed by atoms with Gasteiger partial charge in [-0.25, -0.2) is 0 Å². The third-order valence-electron chi connectivity index (χ3n) is 2.90. The number of hydrogen-bond acceptors (Lipinski definition) is 1. The van der Waals surface area contributed by atoms with Crippen molar-refractivity contribution in [2.75, 3.05) is 0 Å². The molecule has 0 heterocycles. The fraction of sp³-hybridized carbons (Fsp3) is 0.786. The van der Waals surface area contributed by atoms with Crippen LogP contribution in [0.1, 0.15) is 52.4 Å². The second-order valence-electron chi connectivity index (χ2n) is 5.68. The molecule has 0 amide bonds. The quantitative estimate of drug-likeness (QED) is 0.465. The van der Waals surface area contributed by atoms with Gasteiger partial charge in [0, 0.05) is 0 Å². The summed E-state index contributed by atoms with van der Waals surface area (Å²) in [6.07, 6.45) is 9.27. The first kappa shape index (κ1) is 16.0. The van der Waals surface area contributed by atoms with Crippen LogP contribution in [0.5, 0.6) is 0 Å². The molecule has 0 saturated carbocycles. The Hall–Kier alpha value is -0.0471. The van der Waals surface area contributed by atoms with Gasteiger partial charge in [0.2, 0.25) is 0 Å². The molecule has 0 bridgehead atoms. The van der Waals surface area contributed by atoms with Crippen LogP contribution in [0.4, 0.5) is 0 Å². The fourth-order valence-corrected chi connectivity index (χ4v) is 5.33. The molecule has 94 valence electrons. The van der Waals surface area contributed by atoms with E-state index >= 15 is 0 Å². The van der Waals surface area contributed by atoms with Crippen LogP contribution >= 0.6 is 0 Å². The Morgan fingerprint density at radius 1 is 1.12 bits per heavy atom. The molecule has 0 aromatic heterocycles. The number of rotatable bonds is 8. The maximum atomic E-state index is 10.9. The number of Topliss-reactive ketones (excluding diaryl/α,β-unsaturated/α-hetero) is 1. The summed E-state index contributed by atoms with van der Waals surface area (Å²) in [6, 6.07) is 0. The molecule has 0 radical (unpaired) electrons. The van der Waals surface area contributed by atoms with Crippen LogP contribution in [-0.4, -0.2) is 19.0 Å². The Morgan fingerprint density at radius 2 is 1.75 bits per heavy atom. The van der Waals surface area contributed by atoms with E-state index in [1.54, 1.807) is 11.3 Å². The van der Waals surface area contributed by atoms with E-state index in [2.05, 4.69) is 30.3 Å². The van der Waals surface area contributed by atoms with E-state index < -0.39 is 13.3 Å². The van der Waals surface area contributed by atoms with E-state index in [1.165, 1.54) is 25.7 Å². The van der Waals surface area contributed by atoms with Gasteiger partial charge in [-0.3, -0.25) is 0 Å². The molecule has 0 aliphatic heterocycles. The Bertz CT molecular complexity index is 236. The molecule has 0 aromatic rings. The monoisotopic (exact) mass is 286 g/mol. The summed E-state index contributed by atoms with van der Waals surface area (Å²) < 4.78 is 1.70. The number of hydrogen-bond donors (Lipinski definition) is 0. The Balaban J connectivity index is 4.25. The van der Waals surface area contributed by atoms with Crippen molar-refractivity contribution in [3.8, 4) is 0 Å². The van der Waals surface area contributed by atoms with Gasteiger partial charge in [-0.05, 0) is 0 Å². The topological polar surface area (TPSA) is 17.1 Å². The van der Waals surface area contributed by atoms with E-state index in [0.29, 0.717) is 5.78 Å². The first-order valence-corrected chi connectivity index (χ1v) is 13.9. The van der Waals surface area contributed by atoms with Gasteiger partial charge in [0.15, 0.2) is 0 Å². The zero-order chi connectivity index (χ0) is 12.6. The SMILES string of the molecule is CCCCC/[C](=C/CCC(C)=O)[Ge]([CH3])([CH3])[CH3]. The van der Waals surface area contributed by atoms with E-state index in [0.717, 1.165) is 12.8 Å². The Kier molecular flexibility index (Phi) is 8.08. The first-order valence-electron chi connectivity index (χ1n) is 6.57. The van der Waals surface area contributed by atoms with E-state index in [-0.39, 0.29) is 0 Å². The predicted molar refractivity (Wildman–Crippen MR) is 75.5 cm³/mol. The summed E-state index contributed by atoms with van der Waals surface area (Å²) in [4.78, 5) is 10.9. The molecule has 0 fully saturated rings. The molecule has 0 rings (SSSR count). The van der Waals surface area contributed by atoms with Crippen LogP contribution in [0.3, 0.4) is 0 Å². The molecular weight excluding hydrogens is 257 g/mol. The van der Waals surface area contributed by atoms with Crippen molar-refractivity contribution in [2.45, 2.75) is 69.6 Å². The normalized spacial score (nSPS) is 12.9. The summed E-state index contributed by atoms with van der Waals surface area (Å²) in [5.74, 6) is 7.66. The zero-order valence-electron chi connectivity index (χ0n) is 11.7. The summed E-state index contributed by atoms with van der Waals surface area (Å²) in [5.41, 5.74) is 0. The van der Waals surface area contributed by atoms with Gasteiger partial charge in [0.25, 0.3) is 0 Å². The summed E-state index contributed by atoms with van der Waals surface area (Å²) in [6.45, 7) is 3.93. The van der Waals surface area contributed by atoms with Crippen molar-refractivity contribution in [3.63, 3.8) is 0 Å². The van der Waals surface area contributed by atoms with Crippen LogP contribution in [0, 0.1) is 0 Å². The molecular formula is C14H28GeO. The average molecular weight is 285 g/mol. The summed E-state index contributed by atoms with van der Waals surface area (Å²) >= 11 is -1.65. The standard InChI is InChI=1S/C14H28GeO/c1-6-7-8-11-14(15(3,4)5)12-9-10-13(2)16/h12H,6-11H2,1-5H3/b14-12-. The number of ketones is 1. The molecule has 0 aliphatic rings. The molecule has 0 aromatic carbocycles. The van der Waals surface area contributed by atoms with Crippen LogP contribution in [0.2, 0.25) is 17.3 Å². The molecule has 0 N–H and O–H groups in total. The van der Waals surface area contributed by atoms with Crippen molar-refractivity contribution >= 4 is 19.0 Å². The molecule has 0 atom stereocenters. The van der Waals surface area contributed by atoms with Crippen molar-refractivity contribution < 1.29 is 4.79 Å². The number of carbonyl (C=O) groups is 1. The molecule has 2 heteroatoms. The number of allylic oxidation sites excluding steroid dienone is 2. The summed E-state index contributed by atoms with van der Waals surface area (Å²) in [7, 11) is 0. The van der Waals surface area contributed by atoms with Crippen LogP contribution in [0.15, 0.2) is 10.5 Å². The average Bonchev–Trinajstić information content (AvgIpc) is 2.13. The van der Waals surface area contributed by atoms with Gasteiger partial charge in [-0.2, -0.15) is 0 Å². The predicted octanol–water partition coefficient (Wildman–Crippen LogP) is 4.74. The third kappa shape index (κ3) is 8.15. The molecule has 0 spiro atoms. The molecule has 1 nitrogen and oxygen atoms in total. The minimum atomic E-state index is -1.65. The fourth-order valence-electron chi connectivity index (χ4n) is 1.80. The van der Waals surface area contributed by atoms with Gasteiger partial charge in [0.1, 0.15) is 0 Å². The first-order chi connectivity index (χ1) is 7.38. The molecule has 0 saturated heterocycles. The van der Waals surface area contributed by atoms with E-state index in [9.17, 15) is 4.79 Å². The second-order valence-corrected chi connectivity index (χ2v) is 16.5. The van der Waals surface area contributed by atoms with Gasteiger partial charge >= 0.3 is 104 Å². The van der Waals surface area contributed by atoms with Crippen molar-refractivity contribution in [1.82, 2.24) is 0 Å². The Morgan fingerprint density at radius 3 is 2.19 bits per heavy atom. The van der Waals surface area contributed by atoms with E-state index in [4.69, 9.17) is 0 Å². The molecule has 0 aliphatic carbocycles. The van der Waals surface area contributed by atoms with E-state index in [1.807, 2.05) is 0 Å². The zero-order valence-corrected chi connectivity index (χ0v) is 13.8. The molecule has 0 unspecified atom stereocenters. The van der Waals surface area contributed by atoms with Crippen LogP contribution in [0.25, 0.3) is 0 Å². The van der Waals surface area contributed by atoms with Gasteiger partial charge < -0.3 is 0 Å². The van der Waals surface area contributed by atoms with Crippen LogP contribution < -0.4 is 0 Å². The van der Waals surface area contributed by atoms with Crippen LogP contribution in [-0.2, 0) is 4.79 Å². The minimum absolute atomic E-state index is 0.311. The van der Waals surface area contributed by atoms with Crippen molar-refractivity contribution in [2.24, 2.45) is 0 Å². The number of carbonyl (C=O) groups excluding carboxylic acids is 1. The van der Waals surface area contributed by atoms with Crippen molar-refractivity contribution in [3.05, 3.63) is 10.5 Å². The molecule has 16 heavy (non-hydrogen) atoms. The third-order valence-corrected chi connectivity index (χ3v) is 7.90. The second kappa shape index (κ2) is 8.10. The Labute approximate surface area is 104 Å². The van der Waals surface area contributed by atoms with Gasteiger partial charge in [0.05, 0.1) is 0 Å². The van der Waals surface area contributed by atoms with Gasteiger partial charge in [-0.1, -0.05) is 0 Å². The van der Waals surface area contributed by atoms with Crippen molar-refractivity contribution in [1.29, 1.82) is 0 Å². The maximum absolute atomic E-state index is 10.9. The van der Waals surface area contributed by atoms with Gasteiger partial charge in [-0.15, -0.1) is 0 Å². The number of unbranched alkanes of at least 4 members (excludes halogenated alkanes) is 2. The summed E-state index contributed by atoms with van der Waals surface area (Å²) in [5, 5.41) is 0.